The number of hydrazine groups is 2. The molecule has 0 aromatic heterocycles. The zero-order valence-electron chi connectivity index (χ0n) is 38.0. The van der Waals surface area contributed by atoms with Crippen LogP contribution in [0.2, 0.25) is 0 Å². The summed E-state index contributed by atoms with van der Waals surface area (Å²) < 4.78 is 10.6. The van der Waals surface area contributed by atoms with E-state index < -0.39 is 0 Å². The summed E-state index contributed by atoms with van der Waals surface area (Å²) in [6.07, 6.45) is 8.78. The van der Waals surface area contributed by atoms with Crippen molar-refractivity contribution in [1.82, 2.24) is 10.9 Å². The topological polar surface area (TPSA) is 97.1 Å². The minimum Gasteiger partial charge on any atom is -0.497 e. The first-order valence-electron chi connectivity index (χ1n) is 22.3. The van der Waals surface area contributed by atoms with Crippen molar-refractivity contribution in [2.75, 3.05) is 58.6 Å². The summed E-state index contributed by atoms with van der Waals surface area (Å²) in [5.74, 6) is 1.68. The molecule has 0 atom stereocenters. The van der Waals surface area contributed by atoms with Gasteiger partial charge in [-0.25, -0.2) is 0 Å². The third-order valence-corrected chi connectivity index (χ3v) is 12.5. The average molecular weight is 855 g/mol. The van der Waals surface area contributed by atoms with Gasteiger partial charge in [0.15, 0.2) is 0 Å². The molecule has 0 aliphatic carbocycles. The number of rotatable bonds is 19. The van der Waals surface area contributed by atoms with Gasteiger partial charge < -0.3 is 51.6 Å². The normalized spacial score (nSPS) is 15.7. The molecule has 8 rings (SSSR count). The maximum Gasteiger partial charge on any atom is 0.119 e. The summed E-state index contributed by atoms with van der Waals surface area (Å²) in [6, 6.07) is 50.1. The van der Waals surface area contributed by atoms with Crippen molar-refractivity contribution in [3.63, 3.8) is 0 Å². The Morgan fingerprint density at radius 3 is 1.11 bits per heavy atom. The molecule has 10 heteroatoms. The van der Waals surface area contributed by atoms with Gasteiger partial charge in [-0.15, -0.1) is 0 Å². The number of ether oxygens (including phenoxy) is 2. The number of fused-ring (bicyclic) bond motifs is 2. The number of allylic oxidation sites excluding steroid dienone is 2. The first-order chi connectivity index (χ1) is 31.1. The SMILES string of the molecule is COc1ccc(Nc2ccc(NN/C=C3/N(CCCCCCN4/C(=C/NNc5ccc(Nc6ccc(OC)cc6)cc5)C(C)(C)c5ccccc54)c4ccccc4C3(C)C)cc2)cc1. The summed E-state index contributed by atoms with van der Waals surface area (Å²) in [7, 11) is 3.36. The van der Waals surface area contributed by atoms with Gasteiger partial charge in [-0.2, -0.15) is 0 Å². The van der Waals surface area contributed by atoms with Crippen LogP contribution in [0.3, 0.4) is 0 Å². The van der Waals surface area contributed by atoms with Crippen molar-refractivity contribution >= 4 is 45.5 Å². The summed E-state index contributed by atoms with van der Waals surface area (Å²) in [6.45, 7) is 11.2. The standard InChI is InChI=1S/C54H62N8O2/c1-53(2)47-15-9-11-17-49(47)61(51(53)37-55-59-43-23-19-39(20-24-43)57-41-27-31-45(63-5)32-28-41)35-13-7-8-14-36-62-50-18-12-10-16-48(50)54(3,4)52(62)38-56-60-44-25-21-40(22-26-44)58-42-29-33-46(64-6)34-30-42/h9-12,15-34,37-38,55-60H,7-8,13-14,35-36H2,1-6H3/b51-37+,52-38+. The quantitative estimate of drug-likeness (QED) is 0.0349. The third-order valence-electron chi connectivity index (χ3n) is 12.5. The molecule has 2 aliphatic rings. The number of para-hydroxylation sites is 2. The van der Waals surface area contributed by atoms with Gasteiger partial charge >= 0.3 is 0 Å². The Morgan fingerprint density at radius 1 is 0.422 bits per heavy atom. The lowest BCUT2D eigenvalue weighted by Gasteiger charge is -2.28. The second-order valence-electron chi connectivity index (χ2n) is 17.5. The van der Waals surface area contributed by atoms with E-state index in [4.69, 9.17) is 9.47 Å². The highest BCUT2D eigenvalue weighted by Crippen LogP contribution is 2.48. The van der Waals surface area contributed by atoms with Crippen LogP contribution < -0.4 is 51.6 Å². The van der Waals surface area contributed by atoms with Gasteiger partial charge in [0.05, 0.1) is 25.6 Å². The maximum absolute atomic E-state index is 5.29. The Bertz CT molecular complexity index is 2350. The van der Waals surface area contributed by atoms with Gasteiger partial charge in [-0.05, 0) is 133 Å². The van der Waals surface area contributed by atoms with Crippen LogP contribution in [0, 0.1) is 0 Å². The molecule has 0 saturated carbocycles. The molecule has 0 spiro atoms. The summed E-state index contributed by atoms with van der Waals surface area (Å²) in [5.41, 5.74) is 27.2. The molecular formula is C54H62N8O2. The van der Waals surface area contributed by atoms with Crippen LogP contribution in [0.4, 0.5) is 45.5 Å². The Kier molecular flexibility index (Phi) is 13.2. The van der Waals surface area contributed by atoms with E-state index in [0.717, 1.165) is 84.4 Å². The van der Waals surface area contributed by atoms with E-state index in [0.29, 0.717) is 0 Å². The molecule has 6 aromatic rings. The number of anilines is 8. The van der Waals surface area contributed by atoms with Crippen LogP contribution in [0.15, 0.2) is 169 Å². The minimum absolute atomic E-state index is 0.141. The van der Waals surface area contributed by atoms with E-state index in [1.165, 1.54) is 33.9 Å². The second kappa shape index (κ2) is 19.5. The Hall–Kier alpha value is -7.20. The number of unbranched alkanes of at least 4 members (excludes halogenated alkanes) is 3. The number of methoxy groups -OCH3 is 2. The van der Waals surface area contributed by atoms with E-state index in [1.54, 1.807) is 14.2 Å². The Labute approximate surface area is 379 Å². The van der Waals surface area contributed by atoms with E-state index in [2.05, 4.69) is 179 Å². The molecule has 0 bridgehead atoms. The van der Waals surface area contributed by atoms with E-state index in [-0.39, 0.29) is 10.8 Å². The van der Waals surface area contributed by atoms with Gasteiger partial charge in [0.25, 0.3) is 0 Å². The van der Waals surface area contributed by atoms with Gasteiger partial charge in [-0.3, -0.25) is 0 Å². The van der Waals surface area contributed by atoms with E-state index >= 15 is 0 Å². The Balaban J connectivity index is 0.848. The third kappa shape index (κ3) is 9.71. The zero-order chi connectivity index (χ0) is 44.5. The maximum atomic E-state index is 5.29. The van der Waals surface area contributed by atoms with Crippen molar-refractivity contribution in [2.24, 2.45) is 0 Å². The van der Waals surface area contributed by atoms with Crippen LogP contribution in [-0.4, -0.2) is 27.3 Å². The molecule has 0 amide bonds. The molecule has 2 aliphatic heterocycles. The van der Waals surface area contributed by atoms with Crippen molar-refractivity contribution in [1.29, 1.82) is 0 Å². The summed E-state index contributed by atoms with van der Waals surface area (Å²) in [4.78, 5) is 5.02. The average Bonchev–Trinajstić information content (AvgIpc) is 3.67. The number of hydrogen-bond donors (Lipinski definition) is 6. The minimum atomic E-state index is -0.141. The van der Waals surface area contributed by atoms with Crippen LogP contribution in [-0.2, 0) is 10.8 Å². The fourth-order valence-electron chi connectivity index (χ4n) is 8.91. The lowest BCUT2D eigenvalue weighted by molar-refractivity contribution is 0.415. The predicted molar refractivity (Wildman–Crippen MR) is 267 cm³/mol. The van der Waals surface area contributed by atoms with Crippen LogP contribution in [0.1, 0.15) is 64.5 Å². The van der Waals surface area contributed by atoms with Crippen LogP contribution in [0.5, 0.6) is 11.5 Å². The first-order valence-corrected chi connectivity index (χ1v) is 22.3. The predicted octanol–water partition coefficient (Wildman–Crippen LogP) is 12.6. The molecule has 0 fully saturated rings. The molecule has 10 nitrogen and oxygen atoms in total. The van der Waals surface area contributed by atoms with Crippen LogP contribution >= 0.6 is 0 Å². The second-order valence-corrected chi connectivity index (χ2v) is 17.5. The molecular weight excluding hydrogens is 793 g/mol. The fraction of sp³-hybridized carbons (Fsp3) is 0.259. The summed E-state index contributed by atoms with van der Waals surface area (Å²) >= 11 is 0. The highest BCUT2D eigenvalue weighted by molar-refractivity contribution is 5.72. The smallest absolute Gasteiger partial charge is 0.119 e. The summed E-state index contributed by atoms with van der Waals surface area (Å²) in [5, 5.41) is 6.90. The van der Waals surface area contributed by atoms with Gasteiger partial charge in [0.2, 0.25) is 0 Å². The lowest BCUT2D eigenvalue weighted by atomic mass is 9.84. The number of hydrogen-bond acceptors (Lipinski definition) is 10. The molecule has 2 heterocycles. The molecule has 6 aromatic carbocycles. The van der Waals surface area contributed by atoms with Crippen molar-refractivity contribution in [2.45, 2.75) is 64.2 Å². The lowest BCUT2D eigenvalue weighted by Crippen LogP contribution is -2.30. The molecule has 0 radical (unpaired) electrons. The van der Waals surface area contributed by atoms with Crippen molar-refractivity contribution in [3.8, 4) is 11.5 Å². The molecule has 330 valence electrons. The number of nitrogens with zero attached hydrogens (tertiary/aromatic N) is 2. The first kappa shape index (κ1) is 43.4. The zero-order valence-corrected chi connectivity index (χ0v) is 38.0. The van der Waals surface area contributed by atoms with E-state index in [1.807, 2.05) is 48.5 Å². The van der Waals surface area contributed by atoms with Crippen molar-refractivity contribution < 1.29 is 9.47 Å². The molecule has 64 heavy (non-hydrogen) atoms. The molecule has 0 unspecified atom stereocenters. The molecule has 6 N–H and O–H groups in total. The van der Waals surface area contributed by atoms with Gasteiger partial charge in [0.1, 0.15) is 11.5 Å². The largest absolute Gasteiger partial charge is 0.497 e. The monoisotopic (exact) mass is 854 g/mol. The van der Waals surface area contributed by atoms with Crippen molar-refractivity contribution in [3.05, 3.63) is 181 Å². The number of nitrogens with one attached hydrogen (secondary N) is 6. The van der Waals surface area contributed by atoms with Gasteiger partial charge in [-0.1, -0.05) is 76.9 Å². The fourth-order valence-corrected chi connectivity index (χ4v) is 8.91. The molecule has 0 saturated heterocycles. The van der Waals surface area contributed by atoms with Gasteiger partial charge in [0, 0.05) is 81.8 Å². The highest BCUT2D eigenvalue weighted by Gasteiger charge is 2.41. The highest BCUT2D eigenvalue weighted by atomic mass is 16.5. The number of benzene rings is 6. The Morgan fingerprint density at radius 2 is 0.750 bits per heavy atom. The van der Waals surface area contributed by atoms with Crippen LogP contribution in [0.25, 0.3) is 0 Å². The van der Waals surface area contributed by atoms with E-state index in [9.17, 15) is 0 Å².